The van der Waals surface area contributed by atoms with Crippen molar-refractivity contribution in [3.63, 3.8) is 0 Å². The van der Waals surface area contributed by atoms with Crippen LogP contribution in [0.3, 0.4) is 0 Å². The van der Waals surface area contributed by atoms with Crippen molar-refractivity contribution in [1.82, 2.24) is 15.2 Å². The van der Waals surface area contributed by atoms with Gasteiger partial charge in [-0.2, -0.15) is 0 Å². The summed E-state index contributed by atoms with van der Waals surface area (Å²) in [5.74, 6) is 1.50. The van der Waals surface area contributed by atoms with Gasteiger partial charge in [0, 0.05) is 30.9 Å². The van der Waals surface area contributed by atoms with E-state index in [1.165, 1.54) is 19.5 Å². The van der Waals surface area contributed by atoms with Crippen LogP contribution in [0.4, 0.5) is 0 Å². The van der Waals surface area contributed by atoms with Crippen molar-refractivity contribution in [2.24, 2.45) is 5.92 Å². The molecule has 106 valence electrons. The Hall–Kier alpha value is -1.13. The lowest BCUT2D eigenvalue weighted by molar-refractivity contribution is 0.264. The summed E-state index contributed by atoms with van der Waals surface area (Å²) in [4.78, 5) is 6.76. The molecule has 1 N–H and O–H groups in total. The Labute approximate surface area is 116 Å². The molecule has 0 aliphatic carbocycles. The van der Waals surface area contributed by atoms with Crippen LogP contribution in [0.5, 0.6) is 5.88 Å². The molecule has 1 saturated heterocycles. The average molecular weight is 263 g/mol. The van der Waals surface area contributed by atoms with Crippen LogP contribution in [0.1, 0.15) is 25.8 Å². The largest absolute Gasteiger partial charge is 0.481 e. The topological polar surface area (TPSA) is 37.4 Å². The van der Waals surface area contributed by atoms with Crippen molar-refractivity contribution in [3.8, 4) is 5.88 Å². The van der Waals surface area contributed by atoms with E-state index in [0.717, 1.165) is 30.5 Å². The van der Waals surface area contributed by atoms with E-state index in [1.807, 2.05) is 6.07 Å². The zero-order chi connectivity index (χ0) is 13.7. The van der Waals surface area contributed by atoms with Crippen LogP contribution >= 0.6 is 0 Å². The van der Waals surface area contributed by atoms with Gasteiger partial charge in [-0.05, 0) is 45.3 Å². The van der Waals surface area contributed by atoms with Gasteiger partial charge in [0.05, 0.1) is 7.11 Å². The van der Waals surface area contributed by atoms with Crippen molar-refractivity contribution >= 4 is 0 Å². The van der Waals surface area contributed by atoms with Crippen molar-refractivity contribution in [2.75, 3.05) is 26.7 Å². The van der Waals surface area contributed by atoms with Gasteiger partial charge in [0.1, 0.15) is 0 Å². The highest BCUT2D eigenvalue weighted by Gasteiger charge is 2.23. The van der Waals surface area contributed by atoms with E-state index < -0.39 is 0 Å². The predicted molar refractivity (Wildman–Crippen MR) is 77.3 cm³/mol. The molecule has 19 heavy (non-hydrogen) atoms. The Bertz CT molecular complexity index is 395. The SMILES string of the molecule is COc1ncccc1CNCC1CCN(C(C)C)C1. The van der Waals surface area contributed by atoms with Crippen LogP contribution in [0.25, 0.3) is 0 Å². The summed E-state index contributed by atoms with van der Waals surface area (Å²) >= 11 is 0. The minimum Gasteiger partial charge on any atom is -0.481 e. The Kier molecular flexibility index (Phi) is 5.16. The van der Waals surface area contributed by atoms with Crippen molar-refractivity contribution < 1.29 is 4.74 Å². The van der Waals surface area contributed by atoms with E-state index >= 15 is 0 Å². The molecule has 1 aromatic heterocycles. The molecule has 1 aromatic rings. The van der Waals surface area contributed by atoms with E-state index in [4.69, 9.17) is 4.74 Å². The first-order valence-electron chi connectivity index (χ1n) is 7.13. The van der Waals surface area contributed by atoms with Crippen LogP contribution in [-0.4, -0.2) is 42.7 Å². The monoisotopic (exact) mass is 263 g/mol. The van der Waals surface area contributed by atoms with E-state index in [0.29, 0.717) is 6.04 Å². The van der Waals surface area contributed by atoms with E-state index in [-0.39, 0.29) is 0 Å². The highest BCUT2D eigenvalue weighted by atomic mass is 16.5. The second kappa shape index (κ2) is 6.87. The Morgan fingerprint density at radius 2 is 2.37 bits per heavy atom. The maximum atomic E-state index is 5.26. The third kappa shape index (κ3) is 3.91. The molecule has 4 nitrogen and oxygen atoms in total. The van der Waals surface area contributed by atoms with Crippen LogP contribution in [-0.2, 0) is 6.54 Å². The van der Waals surface area contributed by atoms with Crippen molar-refractivity contribution in [1.29, 1.82) is 0 Å². The lowest BCUT2D eigenvalue weighted by atomic mass is 10.1. The number of rotatable bonds is 6. The number of aromatic nitrogens is 1. The Morgan fingerprint density at radius 3 is 3.05 bits per heavy atom. The van der Waals surface area contributed by atoms with Gasteiger partial charge in [0.2, 0.25) is 5.88 Å². The zero-order valence-corrected chi connectivity index (χ0v) is 12.2. The third-order valence-corrected chi connectivity index (χ3v) is 3.84. The number of methoxy groups -OCH3 is 1. The molecule has 2 rings (SSSR count). The number of hydrogen-bond acceptors (Lipinski definition) is 4. The Morgan fingerprint density at radius 1 is 1.53 bits per heavy atom. The number of pyridine rings is 1. The minimum atomic E-state index is 0.670. The van der Waals surface area contributed by atoms with Gasteiger partial charge in [-0.3, -0.25) is 0 Å². The minimum absolute atomic E-state index is 0.670. The first kappa shape index (κ1) is 14.3. The van der Waals surface area contributed by atoms with Crippen molar-refractivity contribution in [2.45, 2.75) is 32.9 Å². The first-order chi connectivity index (χ1) is 9.20. The second-order valence-electron chi connectivity index (χ2n) is 5.55. The molecule has 0 saturated carbocycles. The number of ether oxygens (including phenoxy) is 1. The fourth-order valence-corrected chi connectivity index (χ4v) is 2.65. The number of likely N-dealkylation sites (tertiary alicyclic amines) is 1. The third-order valence-electron chi connectivity index (χ3n) is 3.84. The molecule has 4 heteroatoms. The average Bonchev–Trinajstić information content (AvgIpc) is 2.88. The van der Waals surface area contributed by atoms with Crippen molar-refractivity contribution in [3.05, 3.63) is 23.9 Å². The molecule has 2 heterocycles. The summed E-state index contributed by atoms with van der Waals surface area (Å²) in [5, 5.41) is 3.53. The number of hydrogen-bond donors (Lipinski definition) is 1. The summed E-state index contributed by atoms with van der Waals surface area (Å²) in [6.45, 7) is 8.90. The van der Waals surface area contributed by atoms with Gasteiger partial charge in [0.15, 0.2) is 0 Å². The van der Waals surface area contributed by atoms with Crippen LogP contribution in [0.15, 0.2) is 18.3 Å². The lowest BCUT2D eigenvalue weighted by Crippen LogP contribution is -2.30. The fraction of sp³-hybridized carbons (Fsp3) is 0.667. The highest BCUT2D eigenvalue weighted by Crippen LogP contribution is 2.18. The van der Waals surface area contributed by atoms with Crippen LogP contribution < -0.4 is 10.1 Å². The number of nitrogens with zero attached hydrogens (tertiary/aromatic N) is 2. The molecule has 1 unspecified atom stereocenters. The highest BCUT2D eigenvalue weighted by molar-refractivity contribution is 5.24. The fourth-order valence-electron chi connectivity index (χ4n) is 2.65. The van der Waals surface area contributed by atoms with E-state index in [1.54, 1.807) is 13.3 Å². The summed E-state index contributed by atoms with van der Waals surface area (Å²) in [7, 11) is 1.67. The van der Waals surface area contributed by atoms with Gasteiger partial charge in [0.25, 0.3) is 0 Å². The number of nitrogens with one attached hydrogen (secondary N) is 1. The maximum absolute atomic E-state index is 5.26. The van der Waals surface area contributed by atoms with Crippen LogP contribution in [0, 0.1) is 5.92 Å². The lowest BCUT2D eigenvalue weighted by Gasteiger charge is -2.20. The quantitative estimate of drug-likeness (QED) is 0.851. The second-order valence-corrected chi connectivity index (χ2v) is 5.55. The molecular formula is C15H25N3O. The molecule has 0 bridgehead atoms. The van der Waals surface area contributed by atoms with E-state index in [9.17, 15) is 0 Å². The first-order valence-corrected chi connectivity index (χ1v) is 7.13. The predicted octanol–water partition coefficient (Wildman–Crippen LogP) is 1.91. The molecule has 1 fully saturated rings. The van der Waals surface area contributed by atoms with Gasteiger partial charge < -0.3 is 15.0 Å². The molecule has 1 aliphatic heterocycles. The van der Waals surface area contributed by atoms with Gasteiger partial charge in [-0.1, -0.05) is 6.07 Å². The molecule has 0 radical (unpaired) electrons. The summed E-state index contributed by atoms with van der Waals surface area (Å²) in [6.07, 6.45) is 3.06. The summed E-state index contributed by atoms with van der Waals surface area (Å²) in [6, 6.07) is 4.69. The smallest absolute Gasteiger partial charge is 0.217 e. The Balaban J connectivity index is 1.75. The molecular weight excluding hydrogens is 238 g/mol. The summed E-state index contributed by atoms with van der Waals surface area (Å²) in [5.41, 5.74) is 1.13. The maximum Gasteiger partial charge on any atom is 0.217 e. The molecule has 0 amide bonds. The van der Waals surface area contributed by atoms with E-state index in [2.05, 4.69) is 35.1 Å². The molecule has 1 atom stereocenters. The normalized spacial score (nSPS) is 20.1. The molecule has 0 aromatic carbocycles. The van der Waals surface area contributed by atoms with Gasteiger partial charge in [-0.15, -0.1) is 0 Å². The summed E-state index contributed by atoms with van der Waals surface area (Å²) < 4.78 is 5.26. The van der Waals surface area contributed by atoms with Gasteiger partial charge in [-0.25, -0.2) is 4.98 Å². The zero-order valence-electron chi connectivity index (χ0n) is 12.2. The molecule has 1 aliphatic rings. The molecule has 0 spiro atoms. The van der Waals surface area contributed by atoms with Gasteiger partial charge >= 0.3 is 0 Å². The standard InChI is InChI=1S/C15H25N3O/c1-12(2)18-8-6-13(11-18)9-16-10-14-5-4-7-17-15(14)19-3/h4-5,7,12-13,16H,6,8-11H2,1-3H3. The van der Waals surface area contributed by atoms with Crippen LogP contribution in [0.2, 0.25) is 0 Å².